The molecule has 0 heterocycles. The van der Waals surface area contributed by atoms with Gasteiger partial charge in [0.25, 0.3) is 0 Å². The monoisotopic (exact) mass is 145 g/mol. The summed E-state index contributed by atoms with van der Waals surface area (Å²) in [7, 11) is -0.518. The van der Waals surface area contributed by atoms with Gasteiger partial charge in [-0.15, -0.1) is 0 Å². The Kier molecular flexibility index (Phi) is 3.39. The summed E-state index contributed by atoms with van der Waals surface area (Å²) in [6.07, 6.45) is 2.04. The topological polar surface area (TPSA) is 52.0 Å². The molecule has 0 rings (SSSR count). The van der Waals surface area contributed by atoms with Crippen molar-refractivity contribution in [3.05, 3.63) is 0 Å². The average Bonchev–Trinajstić information content (AvgIpc) is 1.65. The second-order valence-electron chi connectivity index (χ2n) is 2.79. The molecule has 0 aliphatic rings. The van der Waals surface area contributed by atoms with Crippen LogP contribution >= 0.6 is 0 Å². The standard InChI is InChI=1S/C6H17N2Si/c1-4-5-6(7,8)9(2)3/h4-5,7-8H2,1-3H3. The lowest BCUT2D eigenvalue weighted by molar-refractivity contribution is 0.546. The van der Waals surface area contributed by atoms with Crippen molar-refractivity contribution in [2.75, 3.05) is 0 Å². The van der Waals surface area contributed by atoms with E-state index in [4.69, 9.17) is 11.5 Å². The van der Waals surface area contributed by atoms with E-state index in [2.05, 4.69) is 20.0 Å². The van der Waals surface area contributed by atoms with Crippen molar-refractivity contribution in [3.63, 3.8) is 0 Å². The minimum Gasteiger partial charge on any atom is -0.317 e. The first-order valence-electron chi connectivity index (χ1n) is 3.39. The van der Waals surface area contributed by atoms with Crippen LogP contribution in [-0.2, 0) is 0 Å². The van der Waals surface area contributed by atoms with Crippen LogP contribution in [0.3, 0.4) is 0 Å². The Morgan fingerprint density at radius 2 is 1.78 bits per heavy atom. The van der Waals surface area contributed by atoms with E-state index in [1.165, 1.54) is 0 Å². The fourth-order valence-corrected chi connectivity index (χ4v) is 1.41. The highest BCUT2D eigenvalue weighted by molar-refractivity contribution is 6.59. The van der Waals surface area contributed by atoms with Crippen molar-refractivity contribution in [2.45, 2.75) is 38.1 Å². The van der Waals surface area contributed by atoms with Crippen molar-refractivity contribution in [2.24, 2.45) is 11.5 Å². The second-order valence-corrected chi connectivity index (χ2v) is 5.72. The van der Waals surface area contributed by atoms with Crippen molar-refractivity contribution in [1.29, 1.82) is 0 Å². The van der Waals surface area contributed by atoms with Crippen LogP contribution in [0.1, 0.15) is 19.8 Å². The van der Waals surface area contributed by atoms with Crippen LogP contribution in [0.25, 0.3) is 0 Å². The second kappa shape index (κ2) is 3.34. The zero-order chi connectivity index (χ0) is 7.49. The third-order valence-corrected chi connectivity index (χ3v) is 3.71. The summed E-state index contributed by atoms with van der Waals surface area (Å²) in [5.74, 6) is 0. The normalized spacial score (nSPS) is 12.7. The number of hydrogen-bond acceptors (Lipinski definition) is 2. The highest BCUT2D eigenvalue weighted by Gasteiger charge is 2.22. The summed E-state index contributed by atoms with van der Waals surface area (Å²) in [4.78, 5) is 0. The molecule has 9 heavy (non-hydrogen) atoms. The Morgan fingerprint density at radius 1 is 1.33 bits per heavy atom. The highest BCUT2D eigenvalue weighted by Crippen LogP contribution is 2.05. The van der Waals surface area contributed by atoms with Crippen molar-refractivity contribution >= 4 is 8.80 Å². The zero-order valence-electron chi connectivity index (χ0n) is 6.57. The van der Waals surface area contributed by atoms with Gasteiger partial charge in [0.2, 0.25) is 0 Å². The SMILES string of the molecule is CCCC(N)(N)[Si](C)C. The van der Waals surface area contributed by atoms with Gasteiger partial charge >= 0.3 is 0 Å². The fourth-order valence-electron chi connectivity index (χ4n) is 0.664. The Hall–Kier alpha value is 0.137. The van der Waals surface area contributed by atoms with Crippen LogP contribution in [0.4, 0.5) is 0 Å². The Labute approximate surface area is 59.2 Å². The molecule has 2 nitrogen and oxygen atoms in total. The molecule has 0 aliphatic heterocycles. The molecule has 0 bridgehead atoms. The molecule has 0 aromatic rings. The van der Waals surface area contributed by atoms with Crippen LogP contribution in [-0.4, -0.2) is 14.1 Å². The molecule has 4 N–H and O–H groups in total. The van der Waals surface area contributed by atoms with Crippen LogP contribution in [0.5, 0.6) is 0 Å². The van der Waals surface area contributed by atoms with Crippen molar-refractivity contribution < 1.29 is 0 Å². The number of nitrogens with two attached hydrogens (primary N) is 2. The van der Waals surface area contributed by atoms with Gasteiger partial charge in [0.1, 0.15) is 0 Å². The first-order valence-corrected chi connectivity index (χ1v) is 5.89. The molecule has 0 amide bonds. The molecule has 0 aromatic heterocycles. The van der Waals surface area contributed by atoms with Crippen LogP contribution in [0, 0.1) is 0 Å². The molecule has 0 unspecified atom stereocenters. The first kappa shape index (κ1) is 9.14. The van der Waals surface area contributed by atoms with Gasteiger partial charge in [-0.2, -0.15) is 0 Å². The van der Waals surface area contributed by atoms with Crippen LogP contribution in [0.15, 0.2) is 0 Å². The highest BCUT2D eigenvalue weighted by atomic mass is 28.3. The van der Waals surface area contributed by atoms with Gasteiger partial charge in [-0.25, -0.2) is 0 Å². The summed E-state index contributed by atoms with van der Waals surface area (Å²) in [6, 6.07) is 0. The number of hydrogen-bond donors (Lipinski definition) is 2. The van der Waals surface area contributed by atoms with Crippen molar-refractivity contribution in [1.82, 2.24) is 0 Å². The zero-order valence-corrected chi connectivity index (χ0v) is 7.57. The van der Waals surface area contributed by atoms with E-state index in [0.29, 0.717) is 0 Å². The summed E-state index contributed by atoms with van der Waals surface area (Å²) in [5, 5.41) is -0.348. The van der Waals surface area contributed by atoms with Gasteiger partial charge in [-0.3, -0.25) is 0 Å². The lowest BCUT2D eigenvalue weighted by Gasteiger charge is -2.27. The van der Waals surface area contributed by atoms with Gasteiger partial charge in [0.05, 0.1) is 14.1 Å². The van der Waals surface area contributed by atoms with E-state index in [1.807, 2.05) is 0 Å². The largest absolute Gasteiger partial charge is 0.317 e. The molecule has 0 saturated carbocycles. The van der Waals surface area contributed by atoms with E-state index >= 15 is 0 Å². The van der Waals surface area contributed by atoms with Gasteiger partial charge in [-0.05, 0) is 6.42 Å². The minimum absolute atomic E-state index is 0.348. The molecule has 0 saturated heterocycles. The Bertz CT molecular complexity index is 81.1. The summed E-state index contributed by atoms with van der Waals surface area (Å²) < 4.78 is 0. The quantitative estimate of drug-likeness (QED) is 0.453. The lowest BCUT2D eigenvalue weighted by Crippen LogP contribution is -2.58. The maximum Gasteiger partial charge on any atom is 0.0853 e. The predicted molar refractivity (Wildman–Crippen MR) is 43.5 cm³/mol. The van der Waals surface area contributed by atoms with E-state index in [-0.39, 0.29) is 5.29 Å². The summed E-state index contributed by atoms with van der Waals surface area (Å²) in [5.41, 5.74) is 11.6. The van der Waals surface area contributed by atoms with Gasteiger partial charge < -0.3 is 11.5 Å². The molecular formula is C6H17N2Si. The molecule has 1 radical (unpaired) electrons. The maximum absolute atomic E-state index is 5.79. The van der Waals surface area contributed by atoms with E-state index < -0.39 is 8.80 Å². The van der Waals surface area contributed by atoms with Crippen molar-refractivity contribution in [3.8, 4) is 0 Å². The Morgan fingerprint density at radius 3 is 1.89 bits per heavy atom. The van der Waals surface area contributed by atoms with Gasteiger partial charge in [0, 0.05) is 0 Å². The number of rotatable bonds is 3. The van der Waals surface area contributed by atoms with Crippen LogP contribution < -0.4 is 11.5 Å². The molecule has 0 atom stereocenters. The van der Waals surface area contributed by atoms with E-state index in [9.17, 15) is 0 Å². The van der Waals surface area contributed by atoms with E-state index in [1.54, 1.807) is 0 Å². The molecule has 0 spiro atoms. The molecule has 3 heteroatoms. The summed E-state index contributed by atoms with van der Waals surface area (Å²) in [6.45, 7) is 6.42. The molecule has 55 valence electrons. The molecule has 0 aromatic carbocycles. The third kappa shape index (κ3) is 2.98. The van der Waals surface area contributed by atoms with Gasteiger partial charge in [-0.1, -0.05) is 26.4 Å². The third-order valence-electron chi connectivity index (χ3n) is 1.59. The summed E-state index contributed by atoms with van der Waals surface area (Å²) >= 11 is 0. The smallest absolute Gasteiger partial charge is 0.0853 e. The Balaban J connectivity index is 3.70. The van der Waals surface area contributed by atoms with E-state index in [0.717, 1.165) is 12.8 Å². The molecular weight excluding hydrogens is 128 g/mol. The first-order chi connectivity index (χ1) is 4.00. The maximum atomic E-state index is 5.79. The predicted octanol–water partition coefficient (Wildman–Crippen LogP) is 0.694. The lowest BCUT2D eigenvalue weighted by atomic mass is 10.3. The fraction of sp³-hybridized carbons (Fsp3) is 1.00. The minimum atomic E-state index is -0.518. The molecule has 0 aliphatic carbocycles. The van der Waals surface area contributed by atoms with Crippen LogP contribution in [0.2, 0.25) is 13.1 Å². The molecule has 0 fully saturated rings. The average molecular weight is 145 g/mol. The van der Waals surface area contributed by atoms with Gasteiger partial charge in [0.15, 0.2) is 0 Å².